The molecule has 0 N–H and O–H groups in total. The molecule has 0 heterocycles. The molecule has 0 aromatic heterocycles. The van der Waals surface area contributed by atoms with Crippen LogP contribution in [0.25, 0.3) is 0 Å². The smallest absolute Gasteiger partial charge is 0.137 e. The molecule has 3 atom stereocenters. The Balaban J connectivity index is 1.87. The van der Waals surface area contributed by atoms with Crippen molar-refractivity contribution in [2.75, 3.05) is 13.6 Å². The van der Waals surface area contributed by atoms with Gasteiger partial charge in [0, 0.05) is 24.9 Å². The number of carbonyl (C=O) groups excluding carboxylic acids is 1. The molecule has 0 bridgehead atoms. The van der Waals surface area contributed by atoms with Crippen molar-refractivity contribution in [2.45, 2.75) is 65.3 Å². The predicted octanol–water partition coefficient (Wildman–Crippen LogP) is 3.75. The van der Waals surface area contributed by atoms with Crippen LogP contribution >= 0.6 is 0 Å². The summed E-state index contributed by atoms with van der Waals surface area (Å²) in [5.74, 6) is 2.88. The second-order valence-electron chi connectivity index (χ2n) is 7.45. The minimum absolute atomic E-state index is 0.292. The van der Waals surface area contributed by atoms with E-state index in [4.69, 9.17) is 0 Å². The van der Waals surface area contributed by atoms with Crippen LogP contribution in [0.15, 0.2) is 0 Å². The quantitative estimate of drug-likeness (QED) is 0.774. The zero-order valence-electron chi connectivity index (χ0n) is 13.2. The summed E-state index contributed by atoms with van der Waals surface area (Å²) >= 11 is 0. The molecule has 0 aromatic rings. The Bertz CT molecular complexity index is 306. The van der Waals surface area contributed by atoms with Gasteiger partial charge < -0.3 is 4.90 Å². The number of carbonyl (C=O) groups is 1. The van der Waals surface area contributed by atoms with E-state index in [1.54, 1.807) is 0 Å². The van der Waals surface area contributed by atoms with Gasteiger partial charge in [0.2, 0.25) is 0 Å². The maximum Gasteiger partial charge on any atom is 0.137 e. The molecule has 0 radical (unpaired) electrons. The molecule has 2 aliphatic carbocycles. The molecule has 2 heteroatoms. The monoisotopic (exact) mass is 265 g/mol. The zero-order valence-corrected chi connectivity index (χ0v) is 13.2. The van der Waals surface area contributed by atoms with Crippen molar-refractivity contribution in [3.8, 4) is 0 Å². The van der Waals surface area contributed by atoms with E-state index in [1.807, 2.05) is 0 Å². The van der Waals surface area contributed by atoms with E-state index in [-0.39, 0.29) is 0 Å². The highest BCUT2D eigenvalue weighted by molar-refractivity contribution is 5.82. The second kappa shape index (κ2) is 6.39. The van der Waals surface area contributed by atoms with Gasteiger partial charge in [0.25, 0.3) is 0 Å². The van der Waals surface area contributed by atoms with E-state index in [9.17, 15) is 4.79 Å². The Hall–Kier alpha value is -0.370. The van der Waals surface area contributed by atoms with Gasteiger partial charge in [-0.3, -0.25) is 4.79 Å². The van der Waals surface area contributed by atoms with E-state index < -0.39 is 0 Å². The molecule has 110 valence electrons. The normalized spacial score (nSPS) is 40.7. The van der Waals surface area contributed by atoms with Crippen LogP contribution in [0.5, 0.6) is 0 Å². The van der Waals surface area contributed by atoms with Crippen LogP contribution in [-0.2, 0) is 4.79 Å². The summed E-state index contributed by atoms with van der Waals surface area (Å²) in [5.41, 5.74) is 0. The maximum atomic E-state index is 12.3. The Kier molecular flexibility index (Phi) is 5.05. The first-order valence-electron chi connectivity index (χ1n) is 8.20. The van der Waals surface area contributed by atoms with Gasteiger partial charge in [-0.05, 0) is 56.9 Å². The molecule has 0 aliphatic heterocycles. The van der Waals surface area contributed by atoms with E-state index in [1.165, 1.54) is 32.1 Å². The number of rotatable bonds is 3. The van der Waals surface area contributed by atoms with Crippen molar-refractivity contribution in [1.29, 1.82) is 0 Å². The van der Waals surface area contributed by atoms with Crippen molar-refractivity contribution >= 4 is 5.78 Å². The fraction of sp³-hybridized carbons (Fsp3) is 0.941. The van der Waals surface area contributed by atoms with Gasteiger partial charge in [-0.2, -0.15) is 0 Å². The van der Waals surface area contributed by atoms with Crippen LogP contribution in [-0.4, -0.2) is 30.3 Å². The average Bonchev–Trinajstić information content (AvgIpc) is 2.34. The lowest BCUT2D eigenvalue weighted by Crippen LogP contribution is -2.43. The number of hydrogen-bond acceptors (Lipinski definition) is 2. The molecule has 0 amide bonds. The first-order valence-corrected chi connectivity index (χ1v) is 8.20. The van der Waals surface area contributed by atoms with Gasteiger partial charge in [-0.1, -0.05) is 20.8 Å². The van der Waals surface area contributed by atoms with Crippen molar-refractivity contribution < 1.29 is 4.79 Å². The summed E-state index contributed by atoms with van der Waals surface area (Å²) in [4.78, 5) is 14.7. The highest BCUT2D eigenvalue weighted by atomic mass is 16.1. The van der Waals surface area contributed by atoms with E-state index in [2.05, 4.69) is 32.7 Å². The largest absolute Gasteiger partial charge is 0.303 e. The summed E-state index contributed by atoms with van der Waals surface area (Å²) in [6.07, 6.45) is 7.41. The predicted molar refractivity (Wildman–Crippen MR) is 80.1 cm³/mol. The molecule has 2 nitrogen and oxygen atoms in total. The highest BCUT2D eigenvalue weighted by Gasteiger charge is 2.34. The van der Waals surface area contributed by atoms with Gasteiger partial charge in [-0.25, -0.2) is 0 Å². The molecule has 3 unspecified atom stereocenters. The standard InChI is InChI=1S/C17H31NO/c1-12-5-7-15(8-6-12)18(4)11-16-14(3)9-13(2)10-17(16)19/h12-16H,5-11H2,1-4H3. The number of Topliss-reactive ketones (excluding diaryl/α,β-unsaturated/α-hetero) is 1. The lowest BCUT2D eigenvalue weighted by molar-refractivity contribution is -0.128. The van der Waals surface area contributed by atoms with E-state index in [0.717, 1.165) is 24.9 Å². The van der Waals surface area contributed by atoms with Gasteiger partial charge in [-0.15, -0.1) is 0 Å². The van der Waals surface area contributed by atoms with Gasteiger partial charge in [0.1, 0.15) is 5.78 Å². The molecule has 19 heavy (non-hydrogen) atoms. The molecule has 0 spiro atoms. The van der Waals surface area contributed by atoms with E-state index in [0.29, 0.717) is 23.5 Å². The molecule has 0 saturated heterocycles. The molecule has 2 aliphatic rings. The minimum atomic E-state index is 0.292. The van der Waals surface area contributed by atoms with Gasteiger partial charge >= 0.3 is 0 Å². The SMILES string of the molecule is CC1CCC(N(C)CC2C(=O)CC(C)CC2C)CC1. The summed E-state index contributed by atoms with van der Waals surface area (Å²) in [6, 6.07) is 0.718. The number of ketones is 1. The minimum Gasteiger partial charge on any atom is -0.303 e. The fourth-order valence-electron chi connectivity index (χ4n) is 4.12. The van der Waals surface area contributed by atoms with Crippen LogP contribution < -0.4 is 0 Å². The molecule has 2 saturated carbocycles. The average molecular weight is 265 g/mol. The second-order valence-corrected chi connectivity index (χ2v) is 7.45. The first-order chi connectivity index (χ1) is 8.97. The third-order valence-electron chi connectivity index (χ3n) is 5.52. The zero-order chi connectivity index (χ0) is 14.0. The van der Waals surface area contributed by atoms with Crippen LogP contribution in [0.2, 0.25) is 0 Å². The lowest BCUT2D eigenvalue weighted by atomic mass is 9.74. The fourth-order valence-corrected chi connectivity index (χ4v) is 4.12. The third-order valence-corrected chi connectivity index (χ3v) is 5.52. The van der Waals surface area contributed by atoms with Crippen molar-refractivity contribution in [3.05, 3.63) is 0 Å². The Morgan fingerprint density at radius 1 is 1.05 bits per heavy atom. The van der Waals surface area contributed by atoms with E-state index >= 15 is 0 Å². The van der Waals surface area contributed by atoms with Gasteiger partial charge in [0.05, 0.1) is 0 Å². The molecular weight excluding hydrogens is 234 g/mol. The topological polar surface area (TPSA) is 20.3 Å². The highest BCUT2D eigenvalue weighted by Crippen LogP contribution is 2.33. The summed E-state index contributed by atoms with van der Waals surface area (Å²) < 4.78 is 0. The summed E-state index contributed by atoms with van der Waals surface area (Å²) in [5, 5.41) is 0. The summed E-state index contributed by atoms with van der Waals surface area (Å²) in [6.45, 7) is 7.85. The maximum absolute atomic E-state index is 12.3. The molecule has 0 aromatic carbocycles. The van der Waals surface area contributed by atoms with Crippen molar-refractivity contribution in [1.82, 2.24) is 4.90 Å². The van der Waals surface area contributed by atoms with Crippen molar-refractivity contribution in [2.24, 2.45) is 23.7 Å². The lowest BCUT2D eigenvalue weighted by Gasteiger charge is -2.38. The van der Waals surface area contributed by atoms with Crippen molar-refractivity contribution in [3.63, 3.8) is 0 Å². The summed E-state index contributed by atoms with van der Waals surface area (Å²) in [7, 11) is 2.23. The van der Waals surface area contributed by atoms with Crippen LogP contribution in [0, 0.1) is 23.7 Å². The molecular formula is C17H31NO. The van der Waals surface area contributed by atoms with Gasteiger partial charge in [0.15, 0.2) is 0 Å². The first kappa shape index (κ1) is 15.0. The molecule has 2 rings (SSSR count). The molecule has 2 fully saturated rings. The van der Waals surface area contributed by atoms with Crippen LogP contribution in [0.3, 0.4) is 0 Å². The van der Waals surface area contributed by atoms with Crippen LogP contribution in [0.1, 0.15) is 59.3 Å². The Morgan fingerprint density at radius 2 is 1.68 bits per heavy atom. The number of nitrogens with zero attached hydrogens (tertiary/aromatic N) is 1. The van der Waals surface area contributed by atoms with Crippen LogP contribution in [0.4, 0.5) is 0 Å². The number of hydrogen-bond donors (Lipinski definition) is 0. The Morgan fingerprint density at radius 3 is 2.26 bits per heavy atom. The Labute approximate surface area is 118 Å². The third kappa shape index (κ3) is 3.81.